The van der Waals surface area contributed by atoms with Gasteiger partial charge in [0, 0.05) is 6.42 Å². The normalized spacial score (nSPS) is 14.6. The van der Waals surface area contributed by atoms with E-state index in [0.29, 0.717) is 19.4 Å². The standard InChI is InChI=1S/C17H31N5O9/c18-6-2-1-3-9(19)14(27)20-10(4-5-13(25)26)15(28)21-11(7-23)16(29)22-12(8-24)17(30)31/h9-12,23-24H,1-8,18-19H2,(H,20,27)(H,21,28)(H,22,29)(H,25,26)(H,30,31). The maximum atomic E-state index is 12.5. The van der Waals surface area contributed by atoms with E-state index in [1.165, 1.54) is 0 Å². The van der Waals surface area contributed by atoms with Crippen LogP contribution in [0.2, 0.25) is 0 Å². The number of unbranched alkanes of at least 4 members (excludes halogenated alkanes) is 1. The second-order valence-electron chi connectivity index (χ2n) is 6.71. The molecule has 0 aromatic rings. The number of rotatable bonds is 16. The maximum absolute atomic E-state index is 12.5. The van der Waals surface area contributed by atoms with E-state index >= 15 is 0 Å². The molecule has 4 atom stereocenters. The van der Waals surface area contributed by atoms with Crippen molar-refractivity contribution < 1.29 is 44.4 Å². The van der Waals surface area contributed by atoms with Crippen LogP contribution in [-0.4, -0.2) is 94.0 Å². The zero-order chi connectivity index (χ0) is 24.0. The second-order valence-corrected chi connectivity index (χ2v) is 6.71. The van der Waals surface area contributed by atoms with Crippen molar-refractivity contribution in [1.29, 1.82) is 0 Å². The molecule has 0 aromatic heterocycles. The Balaban J connectivity index is 5.15. The number of nitrogens with two attached hydrogens (primary N) is 2. The second kappa shape index (κ2) is 15.1. The molecule has 0 rings (SSSR count). The monoisotopic (exact) mass is 449 g/mol. The van der Waals surface area contributed by atoms with Crippen molar-refractivity contribution in [3.63, 3.8) is 0 Å². The number of hydrogen-bond donors (Lipinski definition) is 9. The molecule has 0 radical (unpaired) electrons. The molecule has 4 unspecified atom stereocenters. The third kappa shape index (κ3) is 11.2. The Bertz CT molecular complexity index is 631. The van der Waals surface area contributed by atoms with E-state index in [4.69, 9.17) is 26.8 Å². The fourth-order valence-electron chi connectivity index (χ4n) is 2.38. The van der Waals surface area contributed by atoms with Gasteiger partial charge in [0.1, 0.15) is 18.1 Å². The lowest BCUT2D eigenvalue weighted by atomic mass is 10.1. The molecule has 0 aromatic carbocycles. The molecule has 0 saturated heterocycles. The molecule has 0 aliphatic rings. The number of hydrogen-bond acceptors (Lipinski definition) is 9. The summed E-state index contributed by atoms with van der Waals surface area (Å²) in [6, 6.07) is -5.61. The topological polar surface area (TPSA) is 254 Å². The summed E-state index contributed by atoms with van der Waals surface area (Å²) in [6.45, 7) is -1.43. The van der Waals surface area contributed by atoms with Crippen LogP contribution in [0.5, 0.6) is 0 Å². The molecule has 178 valence electrons. The average molecular weight is 449 g/mol. The largest absolute Gasteiger partial charge is 0.481 e. The average Bonchev–Trinajstić information content (AvgIpc) is 2.72. The number of amides is 3. The maximum Gasteiger partial charge on any atom is 0.328 e. The van der Waals surface area contributed by atoms with Gasteiger partial charge in [0.2, 0.25) is 17.7 Å². The summed E-state index contributed by atoms with van der Waals surface area (Å²) < 4.78 is 0. The number of carbonyl (C=O) groups excluding carboxylic acids is 3. The first-order valence-corrected chi connectivity index (χ1v) is 9.60. The first kappa shape index (κ1) is 28.2. The van der Waals surface area contributed by atoms with E-state index in [1.54, 1.807) is 0 Å². The summed E-state index contributed by atoms with van der Waals surface area (Å²) in [7, 11) is 0. The molecule has 0 fully saturated rings. The number of aliphatic hydroxyl groups is 2. The number of aliphatic carboxylic acids is 2. The summed E-state index contributed by atoms with van der Waals surface area (Å²) in [5.41, 5.74) is 11.1. The number of nitrogens with one attached hydrogen (secondary N) is 3. The third-order valence-electron chi connectivity index (χ3n) is 4.20. The van der Waals surface area contributed by atoms with Gasteiger partial charge in [0.15, 0.2) is 0 Å². The lowest BCUT2D eigenvalue weighted by Gasteiger charge is -2.23. The van der Waals surface area contributed by atoms with Crippen LogP contribution in [0.25, 0.3) is 0 Å². The van der Waals surface area contributed by atoms with E-state index in [0.717, 1.165) is 0 Å². The third-order valence-corrected chi connectivity index (χ3v) is 4.20. The molecule has 0 aliphatic carbocycles. The Morgan fingerprint density at radius 2 is 1.26 bits per heavy atom. The molecule has 0 bridgehead atoms. The summed E-state index contributed by atoms with van der Waals surface area (Å²) in [6.07, 6.45) is 0.691. The van der Waals surface area contributed by atoms with Crippen molar-refractivity contribution in [3.05, 3.63) is 0 Å². The quantitative estimate of drug-likeness (QED) is 0.102. The molecule has 0 heterocycles. The van der Waals surface area contributed by atoms with E-state index in [1.807, 2.05) is 5.32 Å². The van der Waals surface area contributed by atoms with E-state index in [9.17, 15) is 29.1 Å². The molecular formula is C17H31N5O9. The molecular weight excluding hydrogens is 418 g/mol. The Kier molecular flexibility index (Phi) is 13.7. The Hall–Kier alpha value is -2.81. The van der Waals surface area contributed by atoms with Crippen LogP contribution in [0.15, 0.2) is 0 Å². The minimum atomic E-state index is -1.66. The van der Waals surface area contributed by atoms with Crippen LogP contribution in [0, 0.1) is 0 Å². The molecule has 0 saturated carbocycles. The highest BCUT2D eigenvalue weighted by Crippen LogP contribution is 2.03. The molecule has 11 N–H and O–H groups in total. The Morgan fingerprint density at radius 1 is 0.742 bits per heavy atom. The van der Waals surface area contributed by atoms with Gasteiger partial charge >= 0.3 is 11.9 Å². The van der Waals surface area contributed by atoms with E-state index in [-0.39, 0.29) is 12.8 Å². The Labute approximate surface area is 178 Å². The molecule has 14 nitrogen and oxygen atoms in total. The number of carboxylic acids is 2. The summed E-state index contributed by atoms with van der Waals surface area (Å²) >= 11 is 0. The predicted octanol–water partition coefficient (Wildman–Crippen LogP) is -4.17. The summed E-state index contributed by atoms with van der Waals surface area (Å²) in [5.74, 6) is -5.55. The van der Waals surface area contributed by atoms with Crippen LogP contribution in [0.3, 0.4) is 0 Å². The van der Waals surface area contributed by atoms with Crippen molar-refractivity contribution in [3.8, 4) is 0 Å². The minimum absolute atomic E-state index is 0.287. The van der Waals surface area contributed by atoms with Crippen molar-refractivity contribution in [2.45, 2.75) is 56.3 Å². The van der Waals surface area contributed by atoms with Crippen LogP contribution in [-0.2, 0) is 24.0 Å². The smallest absolute Gasteiger partial charge is 0.328 e. The minimum Gasteiger partial charge on any atom is -0.481 e. The van der Waals surface area contributed by atoms with Crippen LogP contribution < -0.4 is 27.4 Å². The number of carboxylic acid groups (broad SMARTS) is 2. The van der Waals surface area contributed by atoms with Crippen LogP contribution in [0.4, 0.5) is 0 Å². The Morgan fingerprint density at radius 3 is 1.74 bits per heavy atom. The van der Waals surface area contributed by atoms with Crippen molar-refractivity contribution in [2.75, 3.05) is 19.8 Å². The van der Waals surface area contributed by atoms with E-state index < -0.39 is 73.5 Å². The van der Waals surface area contributed by atoms with Gasteiger partial charge in [-0.3, -0.25) is 19.2 Å². The van der Waals surface area contributed by atoms with Gasteiger partial charge in [-0.2, -0.15) is 0 Å². The molecule has 0 spiro atoms. The van der Waals surface area contributed by atoms with Gasteiger partial charge in [-0.05, 0) is 25.8 Å². The van der Waals surface area contributed by atoms with Crippen molar-refractivity contribution in [2.24, 2.45) is 11.5 Å². The molecule has 14 heteroatoms. The highest BCUT2D eigenvalue weighted by molar-refractivity contribution is 5.94. The fourth-order valence-corrected chi connectivity index (χ4v) is 2.38. The molecule has 31 heavy (non-hydrogen) atoms. The number of carbonyl (C=O) groups is 5. The van der Waals surface area contributed by atoms with Crippen molar-refractivity contribution >= 4 is 29.7 Å². The zero-order valence-corrected chi connectivity index (χ0v) is 17.0. The van der Waals surface area contributed by atoms with Gasteiger partial charge in [-0.1, -0.05) is 6.42 Å². The van der Waals surface area contributed by atoms with Gasteiger partial charge in [-0.25, -0.2) is 4.79 Å². The number of aliphatic hydroxyl groups excluding tert-OH is 2. The summed E-state index contributed by atoms with van der Waals surface area (Å²) in [4.78, 5) is 58.6. The van der Waals surface area contributed by atoms with Crippen LogP contribution in [0.1, 0.15) is 32.1 Å². The van der Waals surface area contributed by atoms with Gasteiger partial charge in [-0.15, -0.1) is 0 Å². The molecule has 0 aliphatic heterocycles. The van der Waals surface area contributed by atoms with E-state index in [2.05, 4.69) is 10.6 Å². The lowest BCUT2D eigenvalue weighted by molar-refractivity contribution is -0.143. The van der Waals surface area contributed by atoms with Crippen molar-refractivity contribution in [1.82, 2.24) is 16.0 Å². The SMILES string of the molecule is NCCCCC(N)C(=O)NC(CCC(=O)O)C(=O)NC(CO)C(=O)NC(CO)C(=O)O. The highest BCUT2D eigenvalue weighted by Gasteiger charge is 2.30. The molecule has 3 amide bonds. The van der Waals surface area contributed by atoms with Gasteiger partial charge in [0.25, 0.3) is 0 Å². The first-order chi connectivity index (χ1) is 14.6. The highest BCUT2D eigenvalue weighted by atomic mass is 16.4. The fraction of sp³-hybridized carbons (Fsp3) is 0.706. The lowest BCUT2D eigenvalue weighted by Crippen LogP contribution is -2.58. The predicted molar refractivity (Wildman–Crippen MR) is 105 cm³/mol. The van der Waals surface area contributed by atoms with Crippen LogP contribution >= 0.6 is 0 Å². The summed E-state index contributed by atoms with van der Waals surface area (Å²) in [5, 5.41) is 42.4. The first-order valence-electron chi connectivity index (χ1n) is 9.60. The zero-order valence-electron chi connectivity index (χ0n) is 17.0. The van der Waals surface area contributed by atoms with Gasteiger partial charge < -0.3 is 47.8 Å². The van der Waals surface area contributed by atoms with Gasteiger partial charge in [0.05, 0.1) is 19.3 Å².